The molecule has 1 N–H and O–H groups in total. The summed E-state index contributed by atoms with van der Waals surface area (Å²) < 4.78 is 16.0. The lowest BCUT2D eigenvalue weighted by atomic mass is 10.2. The zero-order valence-corrected chi connectivity index (χ0v) is 17.0. The van der Waals surface area contributed by atoms with Crippen LogP contribution in [0.1, 0.15) is 56.9 Å². The second kappa shape index (κ2) is 13.3. The Morgan fingerprint density at radius 2 is 1.85 bits per heavy atom. The molecule has 1 rings (SSSR count). The summed E-state index contributed by atoms with van der Waals surface area (Å²) in [5.74, 6) is -0.0498. The molecular weight excluding hydrogens is 350 g/mol. The minimum absolute atomic E-state index is 0.0200. The minimum atomic E-state index is -0.292. The van der Waals surface area contributed by atoms with Crippen molar-refractivity contribution in [2.24, 2.45) is 5.92 Å². The molecule has 1 aromatic heterocycles. The quantitative estimate of drug-likeness (QED) is 0.495. The van der Waals surface area contributed by atoms with E-state index in [9.17, 15) is 9.59 Å². The highest BCUT2D eigenvalue weighted by atomic mass is 16.5. The molecule has 0 atom stereocenters. The number of hydrogen-bond acceptors (Lipinski definition) is 6. The van der Waals surface area contributed by atoms with Crippen LogP contribution in [0.4, 0.5) is 0 Å². The minimum Gasteiger partial charge on any atom is -0.446 e. The van der Waals surface area contributed by atoms with E-state index >= 15 is 0 Å². The summed E-state index contributed by atoms with van der Waals surface area (Å²) >= 11 is 0. The van der Waals surface area contributed by atoms with Gasteiger partial charge in [-0.15, -0.1) is 0 Å². The van der Waals surface area contributed by atoms with E-state index < -0.39 is 0 Å². The second-order valence-electron chi connectivity index (χ2n) is 6.40. The molecule has 27 heavy (non-hydrogen) atoms. The maximum Gasteiger partial charge on any atom is 0.273 e. The normalized spacial score (nSPS) is 11.0. The summed E-state index contributed by atoms with van der Waals surface area (Å²) in [5, 5.41) is 2.78. The van der Waals surface area contributed by atoms with Crippen LogP contribution in [0.2, 0.25) is 0 Å². The van der Waals surface area contributed by atoms with Gasteiger partial charge in [0.05, 0.1) is 6.54 Å². The average molecular weight is 383 g/mol. The zero-order chi connectivity index (χ0) is 20.1. The highest BCUT2D eigenvalue weighted by molar-refractivity contribution is 5.91. The molecule has 0 bridgehead atoms. The molecule has 0 fully saturated rings. The predicted molar refractivity (Wildman–Crippen MR) is 101 cm³/mol. The summed E-state index contributed by atoms with van der Waals surface area (Å²) in [7, 11) is 0. The summed E-state index contributed by atoms with van der Waals surface area (Å²) in [6.07, 6.45) is 2.80. The third-order valence-electron chi connectivity index (χ3n) is 3.79. The Morgan fingerprint density at radius 1 is 1.19 bits per heavy atom. The molecule has 0 saturated carbocycles. The highest BCUT2D eigenvalue weighted by Crippen LogP contribution is 2.10. The average Bonchev–Trinajstić information content (AvgIpc) is 3.12. The number of rotatable bonds is 14. The fraction of sp³-hybridized carbons (Fsp3) is 0.737. The summed E-state index contributed by atoms with van der Waals surface area (Å²) in [4.78, 5) is 30.4. The van der Waals surface area contributed by atoms with Crippen molar-refractivity contribution >= 4 is 11.8 Å². The number of hydrogen-bond donors (Lipinski definition) is 1. The number of carbonyl (C=O) groups is 2. The van der Waals surface area contributed by atoms with Crippen molar-refractivity contribution in [3.63, 3.8) is 0 Å². The molecule has 1 heterocycles. The first-order valence-electron chi connectivity index (χ1n) is 9.66. The van der Waals surface area contributed by atoms with Gasteiger partial charge in [-0.3, -0.25) is 9.59 Å². The highest BCUT2D eigenvalue weighted by Gasteiger charge is 2.20. The molecule has 0 aliphatic carbocycles. The Labute approximate surface area is 161 Å². The molecule has 8 nitrogen and oxygen atoms in total. The molecule has 0 spiro atoms. The standard InChI is InChI=1S/C19H33N3O5/c1-5-25-11-7-9-20-18(23)16-14-27-17(21-16)13-22(19(24)15(3)4)10-8-12-26-6-2/h14-15H,5-13H2,1-4H3,(H,20,23). The van der Waals surface area contributed by atoms with Crippen molar-refractivity contribution in [3.05, 3.63) is 17.8 Å². The lowest BCUT2D eigenvalue weighted by Gasteiger charge is -2.23. The topological polar surface area (TPSA) is 93.9 Å². The van der Waals surface area contributed by atoms with E-state index in [4.69, 9.17) is 13.9 Å². The third-order valence-corrected chi connectivity index (χ3v) is 3.79. The van der Waals surface area contributed by atoms with Gasteiger partial charge in [-0.25, -0.2) is 4.98 Å². The largest absolute Gasteiger partial charge is 0.446 e. The monoisotopic (exact) mass is 383 g/mol. The van der Waals surface area contributed by atoms with E-state index in [1.165, 1.54) is 6.26 Å². The molecule has 1 aromatic rings. The van der Waals surface area contributed by atoms with E-state index in [0.29, 0.717) is 45.4 Å². The van der Waals surface area contributed by atoms with Crippen LogP contribution < -0.4 is 5.32 Å². The van der Waals surface area contributed by atoms with E-state index in [1.54, 1.807) is 4.90 Å². The number of ether oxygens (including phenoxy) is 2. The Morgan fingerprint density at radius 3 is 2.48 bits per heavy atom. The Bertz CT molecular complexity index is 559. The lowest BCUT2D eigenvalue weighted by Crippen LogP contribution is -2.35. The maximum atomic E-state index is 12.4. The van der Waals surface area contributed by atoms with Gasteiger partial charge in [0.15, 0.2) is 5.69 Å². The second-order valence-corrected chi connectivity index (χ2v) is 6.40. The molecule has 154 valence electrons. The van der Waals surface area contributed by atoms with Crippen LogP contribution in [0.25, 0.3) is 0 Å². The van der Waals surface area contributed by atoms with Crippen molar-refractivity contribution in [1.29, 1.82) is 0 Å². The molecule has 8 heteroatoms. The number of nitrogens with one attached hydrogen (secondary N) is 1. The lowest BCUT2D eigenvalue weighted by molar-refractivity contribution is -0.135. The number of aromatic nitrogens is 1. The zero-order valence-electron chi connectivity index (χ0n) is 17.0. The molecule has 0 aliphatic heterocycles. The van der Waals surface area contributed by atoms with Crippen molar-refractivity contribution in [3.8, 4) is 0 Å². The first kappa shape index (κ1) is 23.1. The number of carbonyl (C=O) groups excluding carboxylic acids is 2. The van der Waals surface area contributed by atoms with Gasteiger partial charge in [-0.05, 0) is 26.7 Å². The molecule has 0 unspecified atom stereocenters. The molecule has 0 aromatic carbocycles. The van der Waals surface area contributed by atoms with Crippen LogP contribution in [0, 0.1) is 5.92 Å². The number of amides is 2. The van der Waals surface area contributed by atoms with E-state index in [1.807, 2.05) is 27.7 Å². The van der Waals surface area contributed by atoms with Crippen LogP contribution in [0.15, 0.2) is 10.7 Å². The number of nitrogens with zero attached hydrogens (tertiary/aromatic N) is 2. The Balaban J connectivity index is 2.56. The first-order valence-corrected chi connectivity index (χ1v) is 9.66. The van der Waals surface area contributed by atoms with E-state index in [-0.39, 0.29) is 30.0 Å². The first-order chi connectivity index (χ1) is 13.0. The van der Waals surface area contributed by atoms with E-state index in [2.05, 4.69) is 10.3 Å². The van der Waals surface area contributed by atoms with Crippen LogP contribution >= 0.6 is 0 Å². The van der Waals surface area contributed by atoms with Crippen molar-refractivity contribution in [2.75, 3.05) is 39.5 Å². The van der Waals surface area contributed by atoms with Crippen LogP contribution in [0.3, 0.4) is 0 Å². The number of oxazole rings is 1. The summed E-state index contributed by atoms with van der Waals surface area (Å²) in [5.41, 5.74) is 0.215. The van der Waals surface area contributed by atoms with Gasteiger partial charge in [0.2, 0.25) is 11.8 Å². The van der Waals surface area contributed by atoms with Gasteiger partial charge >= 0.3 is 0 Å². The summed E-state index contributed by atoms with van der Waals surface area (Å²) in [6.45, 7) is 11.4. The van der Waals surface area contributed by atoms with Gasteiger partial charge < -0.3 is 24.1 Å². The molecule has 0 saturated heterocycles. The fourth-order valence-electron chi connectivity index (χ4n) is 2.40. The summed E-state index contributed by atoms with van der Waals surface area (Å²) in [6, 6.07) is 0. The van der Waals surface area contributed by atoms with Crippen LogP contribution in [0.5, 0.6) is 0 Å². The third kappa shape index (κ3) is 9.01. The SMILES string of the molecule is CCOCCCNC(=O)c1coc(CN(CCCOCC)C(=O)C(C)C)n1. The van der Waals surface area contributed by atoms with Gasteiger partial charge in [0.25, 0.3) is 5.91 Å². The molecule has 0 aliphatic rings. The fourth-order valence-corrected chi connectivity index (χ4v) is 2.40. The maximum absolute atomic E-state index is 12.4. The molecular formula is C19H33N3O5. The smallest absolute Gasteiger partial charge is 0.273 e. The van der Waals surface area contributed by atoms with Crippen molar-refractivity contribution in [1.82, 2.24) is 15.2 Å². The van der Waals surface area contributed by atoms with Gasteiger partial charge in [0, 0.05) is 45.4 Å². The van der Waals surface area contributed by atoms with Crippen molar-refractivity contribution < 1.29 is 23.5 Å². The molecule has 0 radical (unpaired) electrons. The van der Waals surface area contributed by atoms with Gasteiger partial charge in [-0.1, -0.05) is 13.8 Å². The Kier molecular flexibility index (Phi) is 11.4. The van der Waals surface area contributed by atoms with Gasteiger partial charge in [-0.2, -0.15) is 0 Å². The van der Waals surface area contributed by atoms with Crippen LogP contribution in [-0.2, 0) is 20.8 Å². The Hall–Kier alpha value is -1.93. The predicted octanol–water partition coefficient (Wildman–Crippen LogP) is 2.24. The van der Waals surface area contributed by atoms with Crippen LogP contribution in [-0.4, -0.2) is 61.2 Å². The van der Waals surface area contributed by atoms with Gasteiger partial charge in [0.1, 0.15) is 6.26 Å². The van der Waals surface area contributed by atoms with Crippen molar-refractivity contribution in [2.45, 2.75) is 47.1 Å². The van der Waals surface area contributed by atoms with E-state index in [0.717, 1.165) is 12.8 Å². The molecule has 2 amide bonds.